The molecule has 0 aliphatic rings. The molecule has 5 nitrogen and oxygen atoms in total. The van der Waals surface area contributed by atoms with Crippen LogP contribution in [0.15, 0.2) is 40.5 Å². The minimum absolute atomic E-state index is 0. The molecule has 0 saturated heterocycles. The van der Waals surface area contributed by atoms with Crippen molar-refractivity contribution in [3.8, 4) is 0 Å². The van der Waals surface area contributed by atoms with E-state index in [4.69, 9.17) is 0 Å². The zero-order valence-corrected chi connectivity index (χ0v) is 18.5. The lowest BCUT2D eigenvalue weighted by molar-refractivity contribution is 0.737. The van der Waals surface area contributed by atoms with Crippen molar-refractivity contribution in [3.63, 3.8) is 0 Å². The van der Waals surface area contributed by atoms with Gasteiger partial charge in [-0.05, 0) is 48.8 Å². The highest BCUT2D eigenvalue weighted by molar-refractivity contribution is 14.0. The van der Waals surface area contributed by atoms with Gasteiger partial charge in [0, 0.05) is 38.3 Å². The summed E-state index contributed by atoms with van der Waals surface area (Å²) in [7, 11) is 3.75. The number of halogens is 1. The summed E-state index contributed by atoms with van der Waals surface area (Å²) in [4.78, 5) is 5.61. The van der Waals surface area contributed by atoms with Gasteiger partial charge >= 0.3 is 0 Å². The molecule has 0 radical (unpaired) electrons. The Morgan fingerprint density at radius 1 is 1.32 bits per heavy atom. The summed E-state index contributed by atoms with van der Waals surface area (Å²) in [6, 6.07) is 6.57. The van der Waals surface area contributed by atoms with Crippen LogP contribution in [0.5, 0.6) is 0 Å². The van der Waals surface area contributed by atoms with Gasteiger partial charge in [0.25, 0.3) is 0 Å². The first-order valence-corrected chi connectivity index (χ1v) is 9.40. The van der Waals surface area contributed by atoms with E-state index in [2.05, 4.69) is 58.3 Å². The highest BCUT2D eigenvalue weighted by atomic mass is 127. The number of hydrogen-bond donors (Lipinski definition) is 2. The normalized spacial score (nSPS) is 11.1. The van der Waals surface area contributed by atoms with Crippen LogP contribution in [0, 0.1) is 6.92 Å². The van der Waals surface area contributed by atoms with Crippen LogP contribution >= 0.6 is 35.7 Å². The monoisotopic (exact) mass is 473 g/mol. The second-order valence-corrected chi connectivity index (χ2v) is 6.64. The van der Waals surface area contributed by atoms with Gasteiger partial charge in [0.15, 0.2) is 5.96 Å². The number of aromatic nitrogens is 2. The summed E-state index contributed by atoms with van der Waals surface area (Å²) in [5.41, 5.74) is 3.86. The van der Waals surface area contributed by atoms with E-state index in [-0.39, 0.29) is 24.0 Å². The number of aliphatic imine (C=N–C) groups is 1. The Morgan fingerprint density at radius 2 is 2.12 bits per heavy atom. The molecular weight excluding hydrogens is 445 g/mol. The molecule has 7 heteroatoms. The topological polar surface area (TPSA) is 54.2 Å². The van der Waals surface area contributed by atoms with Gasteiger partial charge in [-0.3, -0.25) is 9.67 Å². The van der Waals surface area contributed by atoms with Gasteiger partial charge in [-0.1, -0.05) is 12.1 Å². The molecule has 0 aliphatic heterocycles. The van der Waals surface area contributed by atoms with Gasteiger partial charge in [-0.25, -0.2) is 0 Å². The highest BCUT2D eigenvalue weighted by Gasteiger charge is 2.04. The fraction of sp³-hybridized carbons (Fsp3) is 0.444. The van der Waals surface area contributed by atoms with E-state index < -0.39 is 0 Å². The first-order chi connectivity index (χ1) is 11.6. The highest BCUT2D eigenvalue weighted by Crippen LogP contribution is 2.21. The van der Waals surface area contributed by atoms with Crippen molar-refractivity contribution < 1.29 is 0 Å². The van der Waals surface area contributed by atoms with Crippen LogP contribution in [0.4, 0.5) is 0 Å². The summed E-state index contributed by atoms with van der Waals surface area (Å²) in [6.45, 7) is 3.79. The molecule has 25 heavy (non-hydrogen) atoms. The minimum atomic E-state index is 0. The maximum atomic E-state index is 4.30. The van der Waals surface area contributed by atoms with Crippen molar-refractivity contribution in [2.45, 2.75) is 31.2 Å². The van der Waals surface area contributed by atoms with E-state index in [1.54, 1.807) is 18.8 Å². The van der Waals surface area contributed by atoms with Gasteiger partial charge in [0.1, 0.15) is 0 Å². The first-order valence-electron chi connectivity index (χ1n) is 8.18. The number of hydrogen-bond acceptors (Lipinski definition) is 3. The SMILES string of the molecule is CN=C(NCCCc1cnn(C)c1)NCc1ccc(C)cc1SC.I. The third kappa shape index (κ3) is 7.27. The van der Waals surface area contributed by atoms with Gasteiger partial charge in [0.2, 0.25) is 0 Å². The Bertz CT molecular complexity index is 684. The second kappa shape index (κ2) is 11.4. The van der Waals surface area contributed by atoms with Gasteiger partial charge < -0.3 is 10.6 Å². The zero-order valence-electron chi connectivity index (χ0n) is 15.4. The number of rotatable bonds is 7. The molecule has 0 saturated carbocycles. The first kappa shape index (κ1) is 21.8. The molecule has 0 unspecified atom stereocenters. The maximum Gasteiger partial charge on any atom is 0.191 e. The summed E-state index contributed by atoms with van der Waals surface area (Å²) in [5.74, 6) is 0.841. The molecule has 2 rings (SSSR count). The average Bonchev–Trinajstić information content (AvgIpc) is 3.00. The third-order valence-electron chi connectivity index (χ3n) is 3.81. The summed E-state index contributed by atoms with van der Waals surface area (Å²) < 4.78 is 1.84. The average molecular weight is 473 g/mol. The van der Waals surface area contributed by atoms with Crippen molar-refractivity contribution in [2.24, 2.45) is 12.0 Å². The molecule has 0 fully saturated rings. The maximum absolute atomic E-state index is 4.30. The van der Waals surface area contributed by atoms with E-state index >= 15 is 0 Å². The molecule has 0 bridgehead atoms. The van der Waals surface area contributed by atoms with Crippen LogP contribution in [0.25, 0.3) is 0 Å². The fourth-order valence-corrected chi connectivity index (χ4v) is 3.20. The molecule has 1 heterocycles. The molecule has 1 aromatic heterocycles. The van der Waals surface area contributed by atoms with Gasteiger partial charge in [-0.2, -0.15) is 5.10 Å². The van der Waals surface area contributed by atoms with Gasteiger partial charge in [0.05, 0.1) is 6.20 Å². The Kier molecular flexibility index (Phi) is 9.96. The fourth-order valence-electron chi connectivity index (χ4n) is 2.50. The number of benzene rings is 1. The molecule has 0 amide bonds. The molecule has 138 valence electrons. The van der Waals surface area contributed by atoms with Crippen LogP contribution in [-0.2, 0) is 20.0 Å². The van der Waals surface area contributed by atoms with Crippen molar-refractivity contribution in [1.29, 1.82) is 0 Å². The summed E-state index contributed by atoms with van der Waals surface area (Å²) in [5, 5.41) is 11.0. The Balaban J connectivity index is 0.00000312. The lowest BCUT2D eigenvalue weighted by Gasteiger charge is -2.14. The standard InChI is InChI=1S/C18H27N5S.HI/c1-14-7-8-16(17(10-14)24-4)12-21-18(19-2)20-9-5-6-15-11-22-23(3)13-15;/h7-8,10-11,13H,5-6,9,12H2,1-4H3,(H2,19,20,21);1H. The number of nitrogens with zero attached hydrogens (tertiary/aromatic N) is 3. The minimum Gasteiger partial charge on any atom is -0.356 e. The van der Waals surface area contributed by atoms with Crippen LogP contribution in [0.2, 0.25) is 0 Å². The Morgan fingerprint density at radius 3 is 2.76 bits per heavy atom. The van der Waals surface area contributed by atoms with Crippen LogP contribution in [0.3, 0.4) is 0 Å². The van der Waals surface area contributed by atoms with Crippen LogP contribution < -0.4 is 10.6 Å². The predicted molar refractivity (Wildman–Crippen MR) is 118 cm³/mol. The van der Waals surface area contributed by atoms with E-state index in [1.165, 1.54) is 21.6 Å². The summed E-state index contributed by atoms with van der Waals surface area (Å²) in [6.07, 6.45) is 8.17. The van der Waals surface area contributed by atoms with E-state index in [0.717, 1.165) is 31.9 Å². The number of aryl methyl sites for hydroxylation is 3. The largest absolute Gasteiger partial charge is 0.356 e. The lowest BCUT2D eigenvalue weighted by Crippen LogP contribution is -2.37. The third-order valence-corrected chi connectivity index (χ3v) is 4.63. The number of guanidine groups is 1. The Hall–Kier alpha value is -1.22. The molecular formula is C18H28IN5S. The molecule has 0 spiro atoms. The van der Waals surface area contributed by atoms with Crippen LogP contribution in [0.1, 0.15) is 23.1 Å². The Labute approximate surface area is 172 Å². The predicted octanol–water partition coefficient (Wildman–Crippen LogP) is 3.37. The lowest BCUT2D eigenvalue weighted by atomic mass is 10.1. The quantitative estimate of drug-likeness (QED) is 0.213. The second-order valence-electron chi connectivity index (χ2n) is 5.79. The molecule has 2 N–H and O–H groups in total. The molecule has 1 aromatic carbocycles. The van der Waals surface area contributed by atoms with Crippen molar-refractivity contribution in [1.82, 2.24) is 20.4 Å². The number of thioether (sulfide) groups is 1. The van der Waals surface area contributed by atoms with Crippen molar-refractivity contribution in [3.05, 3.63) is 47.3 Å². The number of nitrogens with one attached hydrogen (secondary N) is 2. The van der Waals surface area contributed by atoms with E-state index in [1.807, 2.05) is 17.9 Å². The molecule has 0 aliphatic carbocycles. The van der Waals surface area contributed by atoms with Crippen molar-refractivity contribution >= 4 is 41.7 Å². The van der Waals surface area contributed by atoms with E-state index in [0.29, 0.717) is 0 Å². The summed E-state index contributed by atoms with van der Waals surface area (Å²) >= 11 is 1.78. The molecule has 2 aromatic rings. The zero-order chi connectivity index (χ0) is 17.4. The van der Waals surface area contributed by atoms with Crippen LogP contribution in [-0.4, -0.2) is 35.6 Å². The van der Waals surface area contributed by atoms with E-state index in [9.17, 15) is 0 Å². The molecule has 0 atom stereocenters. The van der Waals surface area contributed by atoms with Crippen molar-refractivity contribution in [2.75, 3.05) is 19.8 Å². The van der Waals surface area contributed by atoms with Gasteiger partial charge in [-0.15, -0.1) is 35.7 Å². The smallest absolute Gasteiger partial charge is 0.191 e.